The number of benzene rings is 1. The van der Waals surface area contributed by atoms with Crippen LogP contribution in [0.3, 0.4) is 0 Å². The van der Waals surface area contributed by atoms with Crippen LogP contribution in [-0.4, -0.2) is 37.5 Å². The molecule has 112 valence electrons. The van der Waals surface area contributed by atoms with E-state index in [-0.39, 0.29) is 6.61 Å². The van der Waals surface area contributed by atoms with E-state index in [0.717, 1.165) is 0 Å². The minimum atomic E-state index is -0.507. The average molecular weight is 279 g/mol. The van der Waals surface area contributed by atoms with E-state index in [9.17, 15) is 5.11 Å². The van der Waals surface area contributed by atoms with Crippen molar-refractivity contribution in [1.29, 1.82) is 0 Å². The van der Waals surface area contributed by atoms with E-state index in [1.54, 1.807) is 7.11 Å². The molecule has 1 aromatic carbocycles. The van der Waals surface area contributed by atoms with Crippen molar-refractivity contribution in [3.05, 3.63) is 24.3 Å². The fraction of sp³-hybridized carbons (Fsp3) is 0.625. The third-order valence-electron chi connectivity index (χ3n) is 3.98. The van der Waals surface area contributed by atoms with E-state index < -0.39 is 6.10 Å². The number of ether oxygens (including phenoxy) is 2. The first-order chi connectivity index (χ1) is 9.70. The van der Waals surface area contributed by atoms with Gasteiger partial charge in [-0.1, -0.05) is 25.5 Å². The summed E-state index contributed by atoms with van der Waals surface area (Å²) >= 11 is 0. The maximum absolute atomic E-state index is 9.99. The molecule has 1 aromatic rings. The van der Waals surface area contributed by atoms with E-state index in [4.69, 9.17) is 9.47 Å². The minimum absolute atomic E-state index is 0.272. The largest absolute Gasteiger partial charge is 0.493 e. The molecule has 0 aromatic heterocycles. The molecule has 1 fully saturated rings. The zero-order chi connectivity index (χ0) is 14.4. The molecule has 0 saturated heterocycles. The van der Waals surface area contributed by atoms with Gasteiger partial charge in [0.1, 0.15) is 12.7 Å². The molecule has 0 heterocycles. The molecule has 1 aliphatic rings. The lowest BCUT2D eigenvalue weighted by atomic mass is 10.1. The molecule has 2 rings (SSSR count). The standard InChI is InChI=1S/C16H25NO3/c1-12-6-5-7-14(12)17-10-13(18)11-20-16-9-4-3-8-15(16)19-2/h3-4,8-9,12-14,17-18H,5-7,10-11H2,1-2H3. The number of nitrogens with one attached hydrogen (secondary N) is 1. The second-order valence-electron chi connectivity index (χ2n) is 5.54. The second kappa shape index (κ2) is 7.50. The first-order valence-electron chi connectivity index (χ1n) is 7.38. The molecule has 4 nitrogen and oxygen atoms in total. The molecule has 3 atom stereocenters. The van der Waals surface area contributed by atoms with Crippen molar-refractivity contribution in [3.8, 4) is 11.5 Å². The zero-order valence-corrected chi connectivity index (χ0v) is 12.3. The lowest BCUT2D eigenvalue weighted by molar-refractivity contribution is 0.101. The summed E-state index contributed by atoms with van der Waals surface area (Å²) in [6, 6.07) is 8.02. The third-order valence-corrected chi connectivity index (χ3v) is 3.98. The van der Waals surface area contributed by atoms with Gasteiger partial charge in [0.2, 0.25) is 0 Å². The summed E-state index contributed by atoms with van der Waals surface area (Å²) in [4.78, 5) is 0. The maximum Gasteiger partial charge on any atom is 0.161 e. The van der Waals surface area contributed by atoms with Crippen molar-refractivity contribution in [1.82, 2.24) is 5.32 Å². The molecule has 3 unspecified atom stereocenters. The van der Waals surface area contributed by atoms with Crippen molar-refractivity contribution in [2.75, 3.05) is 20.3 Å². The Bertz CT molecular complexity index is 410. The summed E-state index contributed by atoms with van der Waals surface area (Å²) in [7, 11) is 1.61. The maximum atomic E-state index is 9.99. The first kappa shape index (κ1) is 15.1. The quantitative estimate of drug-likeness (QED) is 0.803. The number of rotatable bonds is 7. The molecule has 0 amide bonds. The van der Waals surface area contributed by atoms with Gasteiger partial charge in [0.15, 0.2) is 11.5 Å². The van der Waals surface area contributed by atoms with Crippen LogP contribution >= 0.6 is 0 Å². The van der Waals surface area contributed by atoms with Gasteiger partial charge in [-0.3, -0.25) is 0 Å². The van der Waals surface area contributed by atoms with Crippen LogP contribution in [0.5, 0.6) is 11.5 Å². The Morgan fingerprint density at radius 1 is 1.30 bits per heavy atom. The molecular formula is C16H25NO3. The summed E-state index contributed by atoms with van der Waals surface area (Å²) in [6.07, 6.45) is 3.27. The number of hydrogen-bond donors (Lipinski definition) is 2. The normalized spacial score (nSPS) is 23.6. The Morgan fingerprint density at radius 3 is 2.70 bits per heavy atom. The Labute approximate surface area is 121 Å². The van der Waals surface area contributed by atoms with Gasteiger partial charge in [0.25, 0.3) is 0 Å². The smallest absolute Gasteiger partial charge is 0.161 e. The highest BCUT2D eigenvalue weighted by Gasteiger charge is 2.23. The van der Waals surface area contributed by atoms with Crippen molar-refractivity contribution < 1.29 is 14.6 Å². The van der Waals surface area contributed by atoms with Gasteiger partial charge in [-0.25, -0.2) is 0 Å². The lowest BCUT2D eigenvalue weighted by Crippen LogP contribution is -2.39. The molecule has 0 aliphatic heterocycles. The summed E-state index contributed by atoms with van der Waals surface area (Å²) in [5.74, 6) is 2.07. The van der Waals surface area contributed by atoms with Crippen molar-refractivity contribution >= 4 is 0 Å². The van der Waals surface area contributed by atoms with Crippen LogP contribution in [-0.2, 0) is 0 Å². The van der Waals surface area contributed by atoms with E-state index >= 15 is 0 Å². The summed E-state index contributed by atoms with van der Waals surface area (Å²) in [6.45, 7) is 3.11. The van der Waals surface area contributed by atoms with Crippen LogP contribution in [0, 0.1) is 5.92 Å². The van der Waals surface area contributed by atoms with E-state index in [1.807, 2.05) is 24.3 Å². The first-order valence-corrected chi connectivity index (χ1v) is 7.38. The highest BCUT2D eigenvalue weighted by Crippen LogP contribution is 2.26. The van der Waals surface area contributed by atoms with Crippen molar-refractivity contribution in [2.24, 2.45) is 5.92 Å². The van der Waals surface area contributed by atoms with Gasteiger partial charge in [-0.15, -0.1) is 0 Å². The van der Waals surface area contributed by atoms with E-state index in [2.05, 4.69) is 12.2 Å². The summed E-state index contributed by atoms with van der Waals surface area (Å²) in [5, 5.41) is 13.4. The van der Waals surface area contributed by atoms with Gasteiger partial charge in [0.05, 0.1) is 7.11 Å². The van der Waals surface area contributed by atoms with Crippen LogP contribution in [0.25, 0.3) is 0 Å². The average Bonchev–Trinajstić information content (AvgIpc) is 2.88. The molecule has 2 N–H and O–H groups in total. The molecule has 1 aliphatic carbocycles. The van der Waals surface area contributed by atoms with Crippen LogP contribution < -0.4 is 14.8 Å². The van der Waals surface area contributed by atoms with Gasteiger partial charge < -0.3 is 19.9 Å². The van der Waals surface area contributed by atoms with Gasteiger partial charge in [0, 0.05) is 12.6 Å². The van der Waals surface area contributed by atoms with Crippen molar-refractivity contribution in [3.63, 3.8) is 0 Å². The zero-order valence-electron chi connectivity index (χ0n) is 12.3. The van der Waals surface area contributed by atoms with Crippen LogP contribution in [0.4, 0.5) is 0 Å². The SMILES string of the molecule is COc1ccccc1OCC(O)CNC1CCCC1C. The fourth-order valence-corrected chi connectivity index (χ4v) is 2.72. The monoisotopic (exact) mass is 279 g/mol. The molecule has 1 saturated carbocycles. The number of aliphatic hydroxyl groups excluding tert-OH is 1. The Kier molecular flexibility index (Phi) is 5.68. The summed E-state index contributed by atoms with van der Waals surface area (Å²) < 4.78 is 10.8. The van der Waals surface area contributed by atoms with Crippen LogP contribution in [0.2, 0.25) is 0 Å². The Hall–Kier alpha value is -1.26. The Balaban J connectivity index is 1.73. The predicted octanol–water partition coefficient (Wildman–Crippen LogP) is 2.21. The van der Waals surface area contributed by atoms with Crippen LogP contribution in [0.1, 0.15) is 26.2 Å². The molecule has 4 heteroatoms. The topological polar surface area (TPSA) is 50.7 Å². The summed E-state index contributed by atoms with van der Waals surface area (Å²) in [5.41, 5.74) is 0. The molecule has 0 bridgehead atoms. The third kappa shape index (κ3) is 4.12. The highest BCUT2D eigenvalue weighted by atomic mass is 16.5. The van der Waals surface area contributed by atoms with E-state index in [1.165, 1.54) is 19.3 Å². The number of hydrogen-bond acceptors (Lipinski definition) is 4. The van der Waals surface area contributed by atoms with Crippen molar-refractivity contribution in [2.45, 2.75) is 38.3 Å². The number of aliphatic hydroxyl groups is 1. The highest BCUT2D eigenvalue weighted by molar-refractivity contribution is 5.39. The van der Waals surface area contributed by atoms with Crippen LogP contribution in [0.15, 0.2) is 24.3 Å². The van der Waals surface area contributed by atoms with Gasteiger partial charge >= 0.3 is 0 Å². The molecule has 20 heavy (non-hydrogen) atoms. The fourth-order valence-electron chi connectivity index (χ4n) is 2.72. The van der Waals surface area contributed by atoms with Gasteiger partial charge in [-0.2, -0.15) is 0 Å². The number of methoxy groups -OCH3 is 1. The molecule has 0 spiro atoms. The Morgan fingerprint density at radius 2 is 2.05 bits per heavy atom. The van der Waals surface area contributed by atoms with E-state index in [0.29, 0.717) is 30.0 Å². The lowest BCUT2D eigenvalue weighted by Gasteiger charge is -2.20. The molecular weight excluding hydrogens is 254 g/mol. The minimum Gasteiger partial charge on any atom is -0.493 e. The predicted molar refractivity (Wildman–Crippen MR) is 79.3 cm³/mol. The molecule has 0 radical (unpaired) electrons. The second-order valence-corrected chi connectivity index (χ2v) is 5.54. The van der Waals surface area contributed by atoms with Gasteiger partial charge in [-0.05, 0) is 30.9 Å². The number of para-hydroxylation sites is 2.